The number of hydrogen-bond acceptors (Lipinski definition) is 3. The lowest BCUT2D eigenvalue weighted by molar-refractivity contribution is 0.550. The van der Waals surface area contributed by atoms with Crippen molar-refractivity contribution < 1.29 is 4.39 Å². The minimum absolute atomic E-state index is 0.0246. The highest BCUT2D eigenvalue weighted by Gasteiger charge is 2.12. The molecule has 0 saturated carbocycles. The predicted molar refractivity (Wildman–Crippen MR) is 77.2 cm³/mol. The van der Waals surface area contributed by atoms with Gasteiger partial charge in [-0.05, 0) is 63.7 Å². The zero-order valence-corrected chi connectivity index (χ0v) is 12.0. The summed E-state index contributed by atoms with van der Waals surface area (Å²) in [7, 11) is 0. The fourth-order valence-electron chi connectivity index (χ4n) is 1.68. The Bertz CT molecular complexity index is 501. The molecular formula is C12H12FIN2S. The van der Waals surface area contributed by atoms with Crippen molar-refractivity contribution in [3.8, 4) is 0 Å². The van der Waals surface area contributed by atoms with Gasteiger partial charge in [0.05, 0.1) is 8.93 Å². The molecule has 0 fully saturated rings. The van der Waals surface area contributed by atoms with Gasteiger partial charge in [0.1, 0.15) is 5.82 Å². The molecule has 0 aliphatic carbocycles. The second-order valence-corrected chi connectivity index (χ2v) is 6.54. The largest absolute Gasteiger partial charge is 0.271 e. The molecule has 2 aromatic rings. The van der Waals surface area contributed by atoms with Gasteiger partial charge in [0.15, 0.2) is 0 Å². The average Bonchev–Trinajstić information content (AvgIpc) is 2.73. The fourth-order valence-corrected chi connectivity index (χ4v) is 3.10. The van der Waals surface area contributed by atoms with Gasteiger partial charge in [-0.25, -0.2) is 4.39 Å². The molecule has 1 aromatic heterocycles. The van der Waals surface area contributed by atoms with E-state index in [0.717, 1.165) is 11.1 Å². The van der Waals surface area contributed by atoms with Gasteiger partial charge in [0.25, 0.3) is 0 Å². The minimum atomic E-state index is -0.210. The number of nitrogens with one attached hydrogen (secondary N) is 1. The lowest BCUT2D eigenvalue weighted by Crippen LogP contribution is -2.29. The molecule has 17 heavy (non-hydrogen) atoms. The Hall–Kier alpha value is -0.500. The third-order valence-corrected chi connectivity index (χ3v) is 4.33. The van der Waals surface area contributed by atoms with Crippen molar-refractivity contribution >= 4 is 33.9 Å². The van der Waals surface area contributed by atoms with Crippen LogP contribution in [0.25, 0.3) is 0 Å². The van der Waals surface area contributed by atoms with Gasteiger partial charge < -0.3 is 0 Å². The van der Waals surface area contributed by atoms with Gasteiger partial charge in [-0.15, -0.1) is 11.3 Å². The molecular weight excluding hydrogens is 350 g/mol. The van der Waals surface area contributed by atoms with Crippen molar-refractivity contribution in [3.05, 3.63) is 55.5 Å². The summed E-state index contributed by atoms with van der Waals surface area (Å²) in [5.41, 5.74) is 4.86. The molecule has 2 nitrogen and oxygen atoms in total. The van der Waals surface area contributed by atoms with Crippen LogP contribution in [0.5, 0.6) is 0 Å². The third-order valence-electron chi connectivity index (χ3n) is 2.52. The molecule has 0 saturated heterocycles. The van der Waals surface area contributed by atoms with E-state index in [2.05, 4.69) is 39.5 Å². The maximum Gasteiger partial charge on any atom is 0.123 e. The first-order valence-corrected chi connectivity index (χ1v) is 7.09. The molecule has 0 amide bonds. The van der Waals surface area contributed by atoms with Crippen LogP contribution in [-0.4, -0.2) is 0 Å². The highest BCUT2D eigenvalue weighted by Crippen LogP contribution is 2.24. The summed E-state index contributed by atoms with van der Waals surface area (Å²) in [6.07, 6.45) is 0.682. The average molecular weight is 362 g/mol. The van der Waals surface area contributed by atoms with Crippen LogP contribution in [-0.2, 0) is 6.42 Å². The van der Waals surface area contributed by atoms with Crippen molar-refractivity contribution in [1.29, 1.82) is 0 Å². The summed E-state index contributed by atoms with van der Waals surface area (Å²) < 4.78 is 14.3. The van der Waals surface area contributed by atoms with Crippen LogP contribution in [0.4, 0.5) is 4.39 Å². The summed E-state index contributed by atoms with van der Waals surface area (Å²) >= 11 is 3.96. The van der Waals surface area contributed by atoms with E-state index >= 15 is 0 Å². The molecule has 0 aliphatic heterocycles. The second kappa shape index (κ2) is 5.90. The van der Waals surface area contributed by atoms with E-state index in [0.29, 0.717) is 6.42 Å². The van der Waals surface area contributed by atoms with E-state index in [-0.39, 0.29) is 11.9 Å². The van der Waals surface area contributed by atoms with Crippen molar-refractivity contribution in [2.75, 3.05) is 0 Å². The Labute approximate surface area is 117 Å². The molecule has 0 spiro atoms. The number of hydrazine groups is 1. The molecule has 2 rings (SSSR count). The van der Waals surface area contributed by atoms with Gasteiger partial charge in [0, 0.05) is 0 Å². The summed E-state index contributed by atoms with van der Waals surface area (Å²) in [5.74, 6) is 5.35. The van der Waals surface area contributed by atoms with Gasteiger partial charge >= 0.3 is 0 Å². The van der Waals surface area contributed by atoms with E-state index in [1.165, 1.54) is 8.95 Å². The molecule has 5 heteroatoms. The molecule has 3 N–H and O–H groups in total. The van der Waals surface area contributed by atoms with Crippen LogP contribution >= 0.6 is 33.9 Å². The first kappa shape index (κ1) is 12.9. The van der Waals surface area contributed by atoms with Crippen molar-refractivity contribution in [2.45, 2.75) is 12.5 Å². The summed E-state index contributed by atoms with van der Waals surface area (Å²) in [4.78, 5) is 0. The van der Waals surface area contributed by atoms with Crippen LogP contribution in [0.2, 0.25) is 0 Å². The van der Waals surface area contributed by atoms with E-state index < -0.39 is 0 Å². The number of rotatable bonds is 4. The van der Waals surface area contributed by atoms with Gasteiger partial charge in [-0.2, -0.15) is 0 Å². The summed E-state index contributed by atoms with van der Waals surface area (Å²) in [6.45, 7) is 0. The summed E-state index contributed by atoms with van der Waals surface area (Å²) in [5, 5.41) is 2.07. The van der Waals surface area contributed by atoms with Crippen LogP contribution in [0.1, 0.15) is 17.2 Å². The van der Waals surface area contributed by atoms with Crippen molar-refractivity contribution in [1.82, 2.24) is 5.43 Å². The lowest BCUT2D eigenvalue weighted by atomic mass is 10.0. The Morgan fingerprint density at radius 2 is 2.24 bits per heavy atom. The van der Waals surface area contributed by atoms with Crippen molar-refractivity contribution in [3.63, 3.8) is 0 Å². The highest BCUT2D eigenvalue weighted by atomic mass is 127. The number of thiophene rings is 1. The molecule has 1 unspecified atom stereocenters. The second-order valence-electron chi connectivity index (χ2n) is 3.74. The maximum absolute atomic E-state index is 13.1. The molecule has 0 radical (unpaired) electrons. The standard InChI is InChI=1S/C12H12FIN2S/c13-10-3-1-2-8(4-10)5-11(16-15)9-6-12(14)17-7-9/h1-4,6-7,11,16H,5,15H2. The monoisotopic (exact) mass is 362 g/mol. The highest BCUT2D eigenvalue weighted by molar-refractivity contribution is 14.1. The number of halogens is 2. The quantitative estimate of drug-likeness (QED) is 0.498. The van der Waals surface area contributed by atoms with Crippen LogP contribution in [0.15, 0.2) is 35.7 Å². The Balaban J connectivity index is 2.15. The van der Waals surface area contributed by atoms with E-state index in [1.54, 1.807) is 23.5 Å². The SMILES string of the molecule is NNC(Cc1cccc(F)c1)c1csc(I)c1. The number of nitrogens with two attached hydrogens (primary N) is 1. The Morgan fingerprint density at radius 3 is 2.82 bits per heavy atom. The summed E-state index contributed by atoms with van der Waals surface area (Å²) in [6, 6.07) is 8.73. The van der Waals surface area contributed by atoms with Gasteiger partial charge in [-0.3, -0.25) is 11.3 Å². The van der Waals surface area contributed by atoms with E-state index in [9.17, 15) is 4.39 Å². The lowest BCUT2D eigenvalue weighted by Gasteiger charge is -2.14. The Kier molecular flexibility index (Phi) is 4.49. The topological polar surface area (TPSA) is 38.0 Å². The smallest absolute Gasteiger partial charge is 0.123 e. The zero-order valence-electron chi connectivity index (χ0n) is 8.99. The fraction of sp³-hybridized carbons (Fsp3) is 0.167. The van der Waals surface area contributed by atoms with E-state index in [1.807, 2.05) is 6.07 Å². The van der Waals surface area contributed by atoms with Crippen LogP contribution < -0.4 is 11.3 Å². The first-order valence-electron chi connectivity index (χ1n) is 5.13. The first-order chi connectivity index (χ1) is 8.19. The Morgan fingerprint density at radius 1 is 1.41 bits per heavy atom. The maximum atomic E-state index is 13.1. The van der Waals surface area contributed by atoms with Crippen LogP contribution in [0, 0.1) is 8.70 Å². The number of benzene rings is 1. The molecule has 0 bridgehead atoms. The molecule has 1 heterocycles. The molecule has 1 atom stereocenters. The zero-order chi connectivity index (χ0) is 12.3. The van der Waals surface area contributed by atoms with Gasteiger partial charge in [-0.1, -0.05) is 12.1 Å². The molecule has 90 valence electrons. The molecule has 1 aromatic carbocycles. The minimum Gasteiger partial charge on any atom is -0.271 e. The normalized spacial score (nSPS) is 12.6. The van der Waals surface area contributed by atoms with E-state index in [4.69, 9.17) is 5.84 Å². The third kappa shape index (κ3) is 3.48. The predicted octanol–water partition coefficient (Wildman–Crippen LogP) is 3.24. The van der Waals surface area contributed by atoms with Crippen molar-refractivity contribution in [2.24, 2.45) is 5.84 Å². The number of hydrogen-bond donors (Lipinski definition) is 2. The van der Waals surface area contributed by atoms with Gasteiger partial charge in [0.2, 0.25) is 0 Å². The van der Waals surface area contributed by atoms with Crippen LogP contribution in [0.3, 0.4) is 0 Å². The molecule has 0 aliphatic rings.